The van der Waals surface area contributed by atoms with Crippen molar-refractivity contribution in [1.29, 1.82) is 0 Å². The zero-order chi connectivity index (χ0) is 11.4. The monoisotopic (exact) mass is 304 g/mol. The average Bonchev–Trinajstić information content (AvgIpc) is 2.92. The molecule has 0 saturated carbocycles. The summed E-state index contributed by atoms with van der Waals surface area (Å²) in [4.78, 5) is 1.28. The van der Waals surface area contributed by atoms with E-state index in [-0.39, 0.29) is 6.04 Å². The second-order valence-corrected chi connectivity index (χ2v) is 5.77. The van der Waals surface area contributed by atoms with Gasteiger partial charge in [-0.2, -0.15) is 0 Å². The van der Waals surface area contributed by atoms with Crippen LogP contribution >= 0.6 is 27.3 Å². The summed E-state index contributed by atoms with van der Waals surface area (Å²) in [6, 6.07) is 2.30. The molecule has 1 aliphatic rings. The van der Waals surface area contributed by atoms with Gasteiger partial charge in [-0.3, -0.25) is 0 Å². The average molecular weight is 305 g/mol. The largest absolute Gasteiger partial charge is 0.377 e. The molecule has 5 heteroatoms. The van der Waals surface area contributed by atoms with Crippen LogP contribution in [0.2, 0.25) is 0 Å². The third-order valence-electron chi connectivity index (χ3n) is 2.81. The van der Waals surface area contributed by atoms with E-state index in [0.717, 1.165) is 24.0 Å². The Balaban J connectivity index is 1.88. The summed E-state index contributed by atoms with van der Waals surface area (Å²) < 4.78 is 6.73. The topological polar surface area (TPSA) is 47.3 Å². The molecule has 3 nitrogen and oxygen atoms in total. The summed E-state index contributed by atoms with van der Waals surface area (Å²) in [5.41, 5.74) is 5.80. The predicted octanol–water partition coefficient (Wildman–Crippen LogP) is 2.28. The normalized spacial score (nSPS) is 22.5. The lowest BCUT2D eigenvalue weighted by Crippen LogP contribution is -2.33. The Kier molecular flexibility index (Phi) is 4.79. The SMILES string of the molecule is NCC(NCC1CCCO1)c1sccc1Br. The molecule has 2 atom stereocenters. The lowest BCUT2D eigenvalue weighted by molar-refractivity contribution is 0.108. The van der Waals surface area contributed by atoms with Crippen LogP contribution in [0.4, 0.5) is 0 Å². The van der Waals surface area contributed by atoms with E-state index in [9.17, 15) is 0 Å². The number of nitrogens with two attached hydrogens (primary N) is 1. The molecule has 1 saturated heterocycles. The lowest BCUT2D eigenvalue weighted by Gasteiger charge is -2.18. The summed E-state index contributed by atoms with van der Waals surface area (Å²) in [6.45, 7) is 2.42. The highest BCUT2D eigenvalue weighted by atomic mass is 79.9. The van der Waals surface area contributed by atoms with Gasteiger partial charge in [0, 0.05) is 29.0 Å². The fraction of sp³-hybridized carbons (Fsp3) is 0.636. The minimum absolute atomic E-state index is 0.235. The summed E-state index contributed by atoms with van der Waals surface area (Å²) in [5, 5.41) is 5.56. The molecule has 2 heterocycles. The van der Waals surface area contributed by atoms with Gasteiger partial charge in [0.25, 0.3) is 0 Å². The molecule has 0 amide bonds. The molecule has 16 heavy (non-hydrogen) atoms. The van der Waals surface area contributed by atoms with Crippen LogP contribution in [0.1, 0.15) is 23.8 Å². The van der Waals surface area contributed by atoms with Crippen molar-refractivity contribution in [2.75, 3.05) is 19.7 Å². The number of rotatable bonds is 5. The Morgan fingerprint density at radius 2 is 2.56 bits per heavy atom. The minimum atomic E-state index is 0.235. The van der Waals surface area contributed by atoms with E-state index in [1.807, 2.05) is 0 Å². The third kappa shape index (κ3) is 3.05. The first-order valence-electron chi connectivity index (χ1n) is 5.59. The van der Waals surface area contributed by atoms with E-state index in [2.05, 4.69) is 32.7 Å². The second-order valence-electron chi connectivity index (χ2n) is 3.96. The van der Waals surface area contributed by atoms with Crippen molar-refractivity contribution in [2.24, 2.45) is 5.73 Å². The smallest absolute Gasteiger partial charge is 0.0700 e. The second kappa shape index (κ2) is 6.12. The van der Waals surface area contributed by atoms with Crippen LogP contribution < -0.4 is 11.1 Å². The van der Waals surface area contributed by atoms with E-state index in [1.54, 1.807) is 11.3 Å². The van der Waals surface area contributed by atoms with Gasteiger partial charge in [-0.1, -0.05) is 0 Å². The first-order valence-corrected chi connectivity index (χ1v) is 7.26. The zero-order valence-electron chi connectivity index (χ0n) is 9.12. The maximum Gasteiger partial charge on any atom is 0.0700 e. The molecule has 1 aromatic heterocycles. The molecule has 90 valence electrons. The van der Waals surface area contributed by atoms with Crippen molar-refractivity contribution in [3.8, 4) is 0 Å². The Morgan fingerprint density at radius 1 is 1.69 bits per heavy atom. The van der Waals surface area contributed by atoms with Gasteiger partial charge in [-0.05, 0) is 40.2 Å². The molecule has 0 bridgehead atoms. The molecular weight excluding hydrogens is 288 g/mol. The van der Waals surface area contributed by atoms with Crippen molar-refractivity contribution in [3.05, 3.63) is 20.8 Å². The van der Waals surface area contributed by atoms with Gasteiger partial charge in [-0.25, -0.2) is 0 Å². The number of thiophene rings is 1. The first-order chi connectivity index (χ1) is 7.81. The number of hydrogen-bond donors (Lipinski definition) is 2. The van der Waals surface area contributed by atoms with Crippen molar-refractivity contribution in [3.63, 3.8) is 0 Å². The lowest BCUT2D eigenvalue weighted by atomic mass is 10.2. The van der Waals surface area contributed by atoms with E-state index in [0.29, 0.717) is 12.6 Å². The summed E-state index contributed by atoms with van der Waals surface area (Å²) in [7, 11) is 0. The van der Waals surface area contributed by atoms with Crippen LogP contribution in [0.25, 0.3) is 0 Å². The van der Waals surface area contributed by atoms with Gasteiger partial charge in [0.05, 0.1) is 12.1 Å². The summed E-state index contributed by atoms with van der Waals surface area (Å²) >= 11 is 5.28. The van der Waals surface area contributed by atoms with E-state index in [1.165, 1.54) is 11.3 Å². The maximum absolute atomic E-state index is 5.80. The number of ether oxygens (including phenoxy) is 1. The highest BCUT2D eigenvalue weighted by Crippen LogP contribution is 2.28. The third-order valence-corrected chi connectivity index (χ3v) is 4.80. The molecule has 0 spiro atoms. The maximum atomic E-state index is 5.80. The fourth-order valence-electron chi connectivity index (χ4n) is 1.92. The Morgan fingerprint density at radius 3 is 3.12 bits per heavy atom. The standard InChI is InChI=1S/C11H17BrN2OS/c12-9-3-5-16-11(9)10(6-13)14-7-8-2-1-4-15-8/h3,5,8,10,14H,1-2,4,6-7,13H2. The van der Waals surface area contributed by atoms with Crippen molar-refractivity contribution < 1.29 is 4.74 Å². The Bertz CT molecular complexity index is 326. The van der Waals surface area contributed by atoms with Gasteiger partial charge in [0.15, 0.2) is 0 Å². The van der Waals surface area contributed by atoms with E-state index >= 15 is 0 Å². The molecular formula is C11H17BrN2OS. The molecule has 1 fully saturated rings. The summed E-state index contributed by atoms with van der Waals surface area (Å²) in [5.74, 6) is 0. The molecule has 0 radical (unpaired) electrons. The predicted molar refractivity (Wildman–Crippen MR) is 70.8 cm³/mol. The molecule has 2 rings (SSSR count). The highest BCUT2D eigenvalue weighted by Gasteiger charge is 2.19. The molecule has 0 aromatic carbocycles. The molecule has 1 aliphatic heterocycles. The van der Waals surface area contributed by atoms with Gasteiger partial charge >= 0.3 is 0 Å². The minimum Gasteiger partial charge on any atom is -0.377 e. The molecule has 1 aromatic rings. The Hall–Kier alpha value is 0.0600. The van der Waals surface area contributed by atoms with Crippen LogP contribution in [0, 0.1) is 0 Å². The van der Waals surface area contributed by atoms with Crippen LogP contribution in [0.5, 0.6) is 0 Å². The van der Waals surface area contributed by atoms with E-state index < -0.39 is 0 Å². The fourth-order valence-corrected chi connectivity index (χ4v) is 3.66. The molecule has 2 unspecified atom stereocenters. The van der Waals surface area contributed by atoms with Crippen LogP contribution in [0.3, 0.4) is 0 Å². The zero-order valence-corrected chi connectivity index (χ0v) is 11.5. The van der Waals surface area contributed by atoms with Gasteiger partial charge in [-0.15, -0.1) is 11.3 Å². The highest BCUT2D eigenvalue weighted by molar-refractivity contribution is 9.10. The van der Waals surface area contributed by atoms with Crippen molar-refractivity contribution in [1.82, 2.24) is 5.32 Å². The van der Waals surface area contributed by atoms with Crippen molar-refractivity contribution >= 4 is 27.3 Å². The summed E-state index contributed by atoms with van der Waals surface area (Å²) in [6.07, 6.45) is 2.71. The van der Waals surface area contributed by atoms with Crippen LogP contribution in [-0.4, -0.2) is 25.8 Å². The number of hydrogen-bond acceptors (Lipinski definition) is 4. The van der Waals surface area contributed by atoms with Gasteiger partial charge in [0.2, 0.25) is 0 Å². The van der Waals surface area contributed by atoms with Gasteiger partial charge < -0.3 is 15.8 Å². The quantitative estimate of drug-likeness (QED) is 0.877. The van der Waals surface area contributed by atoms with Crippen LogP contribution in [0.15, 0.2) is 15.9 Å². The molecule has 0 aliphatic carbocycles. The van der Waals surface area contributed by atoms with E-state index in [4.69, 9.17) is 10.5 Å². The number of halogens is 1. The van der Waals surface area contributed by atoms with Crippen LogP contribution in [-0.2, 0) is 4.74 Å². The first kappa shape index (κ1) is 12.5. The van der Waals surface area contributed by atoms with Crippen molar-refractivity contribution in [2.45, 2.75) is 25.0 Å². The Labute approximate surface area is 108 Å². The van der Waals surface area contributed by atoms with Gasteiger partial charge in [0.1, 0.15) is 0 Å². The number of nitrogens with one attached hydrogen (secondary N) is 1. The molecule has 3 N–H and O–H groups in total.